The number of hydrogen-bond donors (Lipinski definition) is 1. The smallest absolute Gasteiger partial charge is 0.0443 e. The van der Waals surface area contributed by atoms with E-state index in [1.54, 1.807) is 5.56 Å². The predicted molar refractivity (Wildman–Crippen MR) is 87.0 cm³/mol. The summed E-state index contributed by atoms with van der Waals surface area (Å²) in [6.07, 6.45) is 1.30. The molecule has 0 saturated heterocycles. The van der Waals surface area contributed by atoms with Gasteiger partial charge in [0.15, 0.2) is 0 Å². The molecule has 3 unspecified atom stereocenters. The van der Waals surface area contributed by atoms with Crippen molar-refractivity contribution in [2.24, 2.45) is 5.92 Å². The first-order valence-corrected chi connectivity index (χ1v) is 8.62. The summed E-state index contributed by atoms with van der Waals surface area (Å²) in [5.41, 5.74) is 3.08. The quantitative estimate of drug-likeness (QED) is 0.844. The normalized spacial score (nSPS) is 26.5. The van der Waals surface area contributed by atoms with Gasteiger partial charge in [0.05, 0.1) is 0 Å². The molecule has 1 aromatic rings. The minimum absolute atomic E-state index is 0.529. The van der Waals surface area contributed by atoms with Crippen molar-refractivity contribution in [3.05, 3.63) is 35.4 Å². The first-order valence-electron chi connectivity index (χ1n) is 7.57. The van der Waals surface area contributed by atoms with Crippen LogP contribution in [0.15, 0.2) is 24.3 Å². The van der Waals surface area contributed by atoms with Gasteiger partial charge in [-0.1, -0.05) is 52.0 Å². The molecule has 0 heterocycles. The Hall–Kier alpha value is -0.470. The summed E-state index contributed by atoms with van der Waals surface area (Å²) in [4.78, 5) is 0. The molecular formula is C17H27NS. The zero-order chi connectivity index (χ0) is 13.8. The molecule has 1 aromatic carbocycles. The monoisotopic (exact) mass is 277 g/mol. The Morgan fingerprint density at radius 3 is 2.58 bits per heavy atom. The summed E-state index contributed by atoms with van der Waals surface area (Å²) in [6.45, 7) is 10.3. The number of thioether (sulfide) groups is 1. The standard InChI is InChI=1S/C17H27NS/c1-5-18-17-15-9-7-6-8-14(15)13(4)10-16(17)19-11-12(2)3/h6-9,12-13,16-18H,5,10-11H2,1-4H3. The maximum absolute atomic E-state index is 3.71. The third kappa shape index (κ3) is 3.55. The largest absolute Gasteiger partial charge is 0.309 e. The molecule has 1 aliphatic rings. The zero-order valence-corrected chi connectivity index (χ0v) is 13.5. The van der Waals surface area contributed by atoms with Crippen LogP contribution >= 0.6 is 11.8 Å². The maximum Gasteiger partial charge on any atom is 0.0443 e. The molecule has 0 amide bonds. The van der Waals surface area contributed by atoms with Crippen molar-refractivity contribution >= 4 is 11.8 Å². The molecule has 1 aliphatic carbocycles. The molecule has 0 saturated carbocycles. The molecule has 0 aliphatic heterocycles. The minimum atomic E-state index is 0.529. The van der Waals surface area contributed by atoms with E-state index in [4.69, 9.17) is 0 Å². The summed E-state index contributed by atoms with van der Waals surface area (Å²) in [6, 6.07) is 9.53. The number of nitrogens with one attached hydrogen (secondary N) is 1. The van der Waals surface area contributed by atoms with E-state index >= 15 is 0 Å². The van der Waals surface area contributed by atoms with E-state index in [1.807, 2.05) is 0 Å². The molecule has 0 bridgehead atoms. The van der Waals surface area contributed by atoms with Gasteiger partial charge in [-0.15, -0.1) is 0 Å². The summed E-state index contributed by atoms with van der Waals surface area (Å²) < 4.78 is 0. The van der Waals surface area contributed by atoms with Gasteiger partial charge in [-0.05, 0) is 41.7 Å². The second kappa shape index (κ2) is 6.81. The van der Waals surface area contributed by atoms with Gasteiger partial charge in [-0.3, -0.25) is 0 Å². The van der Waals surface area contributed by atoms with E-state index in [-0.39, 0.29) is 0 Å². The molecule has 0 radical (unpaired) electrons. The van der Waals surface area contributed by atoms with E-state index < -0.39 is 0 Å². The van der Waals surface area contributed by atoms with E-state index in [0.29, 0.717) is 17.2 Å². The molecule has 2 heteroatoms. The van der Waals surface area contributed by atoms with Crippen molar-refractivity contribution in [1.82, 2.24) is 5.32 Å². The van der Waals surface area contributed by atoms with E-state index in [9.17, 15) is 0 Å². The van der Waals surface area contributed by atoms with Crippen LogP contribution in [-0.2, 0) is 0 Å². The molecule has 0 fully saturated rings. The molecular weight excluding hydrogens is 250 g/mol. The highest BCUT2D eigenvalue weighted by atomic mass is 32.2. The van der Waals surface area contributed by atoms with E-state index in [1.165, 1.54) is 17.7 Å². The van der Waals surface area contributed by atoms with E-state index in [2.05, 4.69) is 69.0 Å². The fourth-order valence-corrected chi connectivity index (χ4v) is 4.49. The number of hydrogen-bond acceptors (Lipinski definition) is 2. The Kier molecular flexibility index (Phi) is 5.35. The van der Waals surface area contributed by atoms with Gasteiger partial charge in [-0.2, -0.15) is 11.8 Å². The summed E-state index contributed by atoms with van der Waals surface area (Å²) in [7, 11) is 0. The fourth-order valence-electron chi connectivity index (χ4n) is 3.00. The Balaban J connectivity index is 2.21. The average molecular weight is 277 g/mol. The van der Waals surface area contributed by atoms with Crippen molar-refractivity contribution in [1.29, 1.82) is 0 Å². The molecule has 19 heavy (non-hydrogen) atoms. The summed E-state index contributed by atoms with van der Waals surface area (Å²) in [5, 5.41) is 4.43. The van der Waals surface area contributed by atoms with Crippen molar-refractivity contribution in [3.63, 3.8) is 0 Å². The van der Waals surface area contributed by atoms with Crippen LogP contribution in [0.3, 0.4) is 0 Å². The van der Waals surface area contributed by atoms with Crippen molar-refractivity contribution in [2.75, 3.05) is 12.3 Å². The first kappa shape index (κ1) is 14.9. The summed E-state index contributed by atoms with van der Waals surface area (Å²) in [5.74, 6) is 2.73. The number of rotatable bonds is 5. The second-order valence-corrected chi connectivity index (χ2v) is 7.34. The Morgan fingerprint density at radius 1 is 1.26 bits per heavy atom. The van der Waals surface area contributed by atoms with Gasteiger partial charge in [0.2, 0.25) is 0 Å². The molecule has 106 valence electrons. The van der Waals surface area contributed by atoms with Crippen LogP contribution in [-0.4, -0.2) is 17.5 Å². The number of benzene rings is 1. The Bertz CT molecular complexity index is 402. The van der Waals surface area contributed by atoms with Gasteiger partial charge < -0.3 is 5.32 Å². The van der Waals surface area contributed by atoms with Crippen LogP contribution in [0.1, 0.15) is 57.2 Å². The van der Waals surface area contributed by atoms with Crippen LogP contribution in [0, 0.1) is 5.92 Å². The van der Waals surface area contributed by atoms with Crippen LogP contribution in [0.5, 0.6) is 0 Å². The minimum Gasteiger partial charge on any atom is -0.309 e. The van der Waals surface area contributed by atoms with Gasteiger partial charge in [0, 0.05) is 11.3 Å². The SMILES string of the molecule is CCNC1c2ccccc2C(C)CC1SCC(C)C. The zero-order valence-electron chi connectivity index (χ0n) is 12.6. The topological polar surface area (TPSA) is 12.0 Å². The van der Waals surface area contributed by atoms with Crippen LogP contribution in [0.2, 0.25) is 0 Å². The van der Waals surface area contributed by atoms with Crippen molar-refractivity contribution < 1.29 is 0 Å². The number of fused-ring (bicyclic) bond motifs is 1. The second-order valence-electron chi connectivity index (χ2n) is 6.07. The predicted octanol–water partition coefficient (Wildman–Crippen LogP) is 4.60. The molecule has 1 nitrogen and oxygen atoms in total. The highest BCUT2D eigenvalue weighted by molar-refractivity contribution is 7.99. The third-order valence-corrected chi connectivity index (χ3v) is 5.64. The van der Waals surface area contributed by atoms with Crippen LogP contribution in [0.4, 0.5) is 0 Å². The lowest BCUT2D eigenvalue weighted by atomic mass is 9.80. The summed E-state index contributed by atoms with van der Waals surface area (Å²) >= 11 is 2.16. The first-order chi connectivity index (χ1) is 9.13. The lowest BCUT2D eigenvalue weighted by Crippen LogP contribution is -2.35. The van der Waals surface area contributed by atoms with Gasteiger partial charge >= 0.3 is 0 Å². The Morgan fingerprint density at radius 2 is 1.95 bits per heavy atom. The van der Waals surface area contributed by atoms with Crippen LogP contribution < -0.4 is 5.32 Å². The van der Waals surface area contributed by atoms with Gasteiger partial charge in [0.1, 0.15) is 0 Å². The lowest BCUT2D eigenvalue weighted by Gasteiger charge is -2.37. The highest BCUT2D eigenvalue weighted by Crippen LogP contribution is 2.42. The molecule has 1 N–H and O–H groups in total. The van der Waals surface area contributed by atoms with E-state index in [0.717, 1.165) is 12.5 Å². The lowest BCUT2D eigenvalue weighted by molar-refractivity contribution is 0.453. The van der Waals surface area contributed by atoms with Gasteiger partial charge in [0.25, 0.3) is 0 Å². The average Bonchev–Trinajstić information content (AvgIpc) is 2.40. The Labute approximate surface area is 122 Å². The molecule has 2 rings (SSSR count). The molecule has 3 atom stereocenters. The third-order valence-electron chi connectivity index (χ3n) is 3.89. The molecule has 0 spiro atoms. The highest BCUT2D eigenvalue weighted by Gasteiger charge is 2.32. The van der Waals surface area contributed by atoms with Crippen LogP contribution in [0.25, 0.3) is 0 Å². The maximum atomic E-state index is 3.71. The molecule has 0 aromatic heterocycles. The van der Waals surface area contributed by atoms with Gasteiger partial charge in [-0.25, -0.2) is 0 Å². The fraction of sp³-hybridized carbons (Fsp3) is 0.647. The van der Waals surface area contributed by atoms with Crippen molar-refractivity contribution in [2.45, 2.75) is 51.3 Å². The van der Waals surface area contributed by atoms with Crippen molar-refractivity contribution in [3.8, 4) is 0 Å².